The number of alkyl halides is 3. The average molecular weight is 470 g/mol. The quantitative estimate of drug-likeness (QED) is 0.610. The van der Waals surface area contributed by atoms with Crippen LogP contribution >= 0.6 is 15.9 Å². The Hall–Kier alpha value is -2.33. The summed E-state index contributed by atoms with van der Waals surface area (Å²) in [5.41, 5.74) is 8.07. The lowest BCUT2D eigenvalue weighted by Gasteiger charge is -2.35. The number of halogens is 4. The van der Waals surface area contributed by atoms with Crippen molar-refractivity contribution in [1.29, 1.82) is 0 Å². The number of hydrogen-bond acceptors (Lipinski definition) is 6. The molecule has 1 unspecified atom stereocenters. The number of pyridine rings is 1. The van der Waals surface area contributed by atoms with Gasteiger partial charge in [-0.25, -0.2) is 9.98 Å². The van der Waals surface area contributed by atoms with Crippen molar-refractivity contribution in [3.05, 3.63) is 40.4 Å². The SMILES string of the molecule is Nc1cc(NCCC(F)(F)F)nc2c1N=C(c1cccc(Br)c1)C(O)N2C1CC1. The molecule has 10 heteroatoms. The first-order valence-corrected chi connectivity index (χ1v) is 9.94. The maximum atomic E-state index is 12.4. The molecule has 154 valence electrons. The first kappa shape index (κ1) is 20.0. The van der Waals surface area contributed by atoms with Gasteiger partial charge in [-0.3, -0.25) is 0 Å². The zero-order chi connectivity index (χ0) is 20.8. The summed E-state index contributed by atoms with van der Waals surface area (Å²) in [6, 6.07) is 8.98. The van der Waals surface area contributed by atoms with E-state index in [-0.39, 0.29) is 24.1 Å². The van der Waals surface area contributed by atoms with Crippen molar-refractivity contribution in [2.45, 2.75) is 37.7 Å². The van der Waals surface area contributed by atoms with Gasteiger partial charge in [0, 0.05) is 28.7 Å². The van der Waals surface area contributed by atoms with Gasteiger partial charge in [0.05, 0.1) is 17.8 Å². The van der Waals surface area contributed by atoms with E-state index in [1.54, 1.807) is 4.90 Å². The molecule has 0 bridgehead atoms. The van der Waals surface area contributed by atoms with Crippen LogP contribution in [0.3, 0.4) is 0 Å². The van der Waals surface area contributed by atoms with Gasteiger partial charge in [0.2, 0.25) is 0 Å². The summed E-state index contributed by atoms with van der Waals surface area (Å²) < 4.78 is 38.1. The summed E-state index contributed by atoms with van der Waals surface area (Å²) >= 11 is 3.42. The predicted molar refractivity (Wildman–Crippen MR) is 110 cm³/mol. The van der Waals surface area contributed by atoms with Crippen molar-refractivity contribution in [3.8, 4) is 0 Å². The maximum Gasteiger partial charge on any atom is 0.390 e. The van der Waals surface area contributed by atoms with Gasteiger partial charge in [-0.2, -0.15) is 13.2 Å². The predicted octanol–water partition coefficient (Wildman–Crippen LogP) is 4.21. The molecule has 2 aliphatic rings. The normalized spacial score (nSPS) is 19.0. The van der Waals surface area contributed by atoms with Crippen LogP contribution in [-0.4, -0.2) is 40.8 Å². The number of nitrogens with two attached hydrogens (primary N) is 1. The number of benzene rings is 1. The van der Waals surface area contributed by atoms with Crippen LogP contribution in [0, 0.1) is 0 Å². The van der Waals surface area contributed by atoms with Gasteiger partial charge < -0.3 is 21.1 Å². The Morgan fingerprint density at radius 2 is 2.03 bits per heavy atom. The van der Waals surface area contributed by atoms with Crippen LogP contribution in [0.5, 0.6) is 0 Å². The lowest BCUT2D eigenvalue weighted by molar-refractivity contribution is -0.131. The smallest absolute Gasteiger partial charge is 0.390 e. The third-order valence-corrected chi connectivity index (χ3v) is 5.26. The Labute approximate surface area is 173 Å². The minimum absolute atomic E-state index is 0.0822. The molecule has 2 aromatic rings. The van der Waals surface area contributed by atoms with E-state index < -0.39 is 18.8 Å². The van der Waals surface area contributed by atoms with Crippen molar-refractivity contribution in [2.24, 2.45) is 4.99 Å². The van der Waals surface area contributed by atoms with Crippen molar-refractivity contribution in [2.75, 3.05) is 22.5 Å². The summed E-state index contributed by atoms with van der Waals surface area (Å²) in [5.74, 6) is 0.609. The molecule has 6 nitrogen and oxygen atoms in total. The molecule has 1 saturated carbocycles. The fourth-order valence-electron chi connectivity index (χ4n) is 3.27. The molecule has 0 spiro atoms. The standard InChI is InChI=1S/C19H19BrF3N5O/c20-11-3-1-2-10(8-11)15-18(29)28(12-4-5-12)17-16(27-15)13(24)9-14(26-17)25-7-6-19(21,22)23/h1-3,8-9,12,18,29H,4-7H2,(H3,24,25,26). The van der Waals surface area contributed by atoms with Gasteiger partial charge >= 0.3 is 6.18 Å². The number of hydrogen-bond donors (Lipinski definition) is 3. The van der Waals surface area contributed by atoms with Crippen molar-refractivity contribution < 1.29 is 18.3 Å². The lowest BCUT2D eigenvalue weighted by Crippen LogP contribution is -2.45. The Balaban J connectivity index is 1.71. The first-order chi connectivity index (χ1) is 13.7. The van der Waals surface area contributed by atoms with E-state index in [0.29, 0.717) is 17.2 Å². The molecule has 0 amide bonds. The largest absolute Gasteiger partial charge is 0.397 e. The van der Waals surface area contributed by atoms with Crippen LogP contribution in [0.15, 0.2) is 39.8 Å². The van der Waals surface area contributed by atoms with Gasteiger partial charge in [-0.1, -0.05) is 28.1 Å². The number of nitrogens with one attached hydrogen (secondary N) is 1. The van der Waals surface area contributed by atoms with E-state index in [0.717, 1.165) is 22.9 Å². The number of nitrogens with zero attached hydrogens (tertiary/aromatic N) is 3. The van der Waals surface area contributed by atoms with Crippen molar-refractivity contribution in [3.63, 3.8) is 0 Å². The molecular weight excluding hydrogens is 451 g/mol. The van der Waals surface area contributed by atoms with E-state index in [4.69, 9.17) is 5.73 Å². The van der Waals surface area contributed by atoms with E-state index in [9.17, 15) is 18.3 Å². The summed E-state index contributed by atoms with van der Waals surface area (Å²) in [7, 11) is 0. The van der Waals surface area contributed by atoms with Gasteiger partial charge in [-0.05, 0) is 25.0 Å². The van der Waals surface area contributed by atoms with Gasteiger partial charge in [0.15, 0.2) is 12.0 Å². The molecule has 0 saturated heterocycles. The fourth-order valence-corrected chi connectivity index (χ4v) is 3.67. The molecule has 1 aromatic heterocycles. The highest BCUT2D eigenvalue weighted by Gasteiger charge is 2.41. The van der Waals surface area contributed by atoms with Crippen LogP contribution in [-0.2, 0) is 0 Å². The highest BCUT2D eigenvalue weighted by atomic mass is 79.9. The third kappa shape index (κ3) is 4.32. The Kier molecular flexibility index (Phi) is 5.16. The van der Waals surface area contributed by atoms with Crippen LogP contribution in [0.1, 0.15) is 24.8 Å². The number of rotatable bonds is 5. The number of anilines is 3. The van der Waals surface area contributed by atoms with E-state index in [2.05, 4.69) is 31.2 Å². The maximum absolute atomic E-state index is 12.4. The Morgan fingerprint density at radius 1 is 1.28 bits per heavy atom. The van der Waals surface area contributed by atoms with Crippen LogP contribution in [0.4, 0.5) is 36.2 Å². The minimum Gasteiger partial charge on any atom is -0.397 e. The number of aliphatic hydroxyl groups is 1. The van der Waals surface area contributed by atoms with Gasteiger partial charge in [0.25, 0.3) is 0 Å². The summed E-state index contributed by atoms with van der Waals surface area (Å²) in [4.78, 5) is 10.7. The minimum atomic E-state index is -4.26. The van der Waals surface area contributed by atoms with Crippen molar-refractivity contribution in [1.82, 2.24) is 4.98 Å². The Morgan fingerprint density at radius 3 is 2.69 bits per heavy atom. The Bertz CT molecular complexity index is 961. The highest BCUT2D eigenvalue weighted by molar-refractivity contribution is 9.10. The van der Waals surface area contributed by atoms with Crippen LogP contribution < -0.4 is 16.0 Å². The van der Waals surface area contributed by atoms with E-state index >= 15 is 0 Å². The second-order valence-electron chi connectivity index (χ2n) is 7.08. The zero-order valence-corrected chi connectivity index (χ0v) is 16.8. The van der Waals surface area contributed by atoms with Gasteiger partial charge in [-0.15, -0.1) is 0 Å². The molecule has 4 rings (SSSR count). The molecule has 1 atom stereocenters. The van der Waals surface area contributed by atoms with E-state index in [1.165, 1.54) is 6.07 Å². The molecule has 1 aliphatic carbocycles. The number of nitrogen functional groups attached to an aromatic ring is 1. The molecule has 1 aliphatic heterocycles. The second-order valence-corrected chi connectivity index (χ2v) is 8.00. The number of aliphatic imine (C=N–C) groups is 1. The monoisotopic (exact) mass is 469 g/mol. The summed E-state index contributed by atoms with van der Waals surface area (Å²) in [6.45, 7) is -0.312. The van der Waals surface area contributed by atoms with Gasteiger partial charge in [0.1, 0.15) is 11.5 Å². The molecule has 1 aromatic carbocycles. The average Bonchev–Trinajstić information content (AvgIpc) is 3.45. The molecular formula is C19H19BrF3N5O. The number of aromatic nitrogens is 1. The first-order valence-electron chi connectivity index (χ1n) is 9.15. The van der Waals surface area contributed by atoms with Crippen molar-refractivity contribution >= 4 is 44.7 Å². The molecule has 0 radical (unpaired) electrons. The van der Waals surface area contributed by atoms with Crippen LogP contribution in [0.25, 0.3) is 0 Å². The lowest BCUT2D eigenvalue weighted by atomic mass is 10.1. The third-order valence-electron chi connectivity index (χ3n) is 4.76. The highest BCUT2D eigenvalue weighted by Crippen LogP contribution is 2.44. The number of fused-ring (bicyclic) bond motifs is 1. The zero-order valence-electron chi connectivity index (χ0n) is 15.2. The summed E-state index contributed by atoms with van der Waals surface area (Å²) in [6.07, 6.45) is -4.50. The topological polar surface area (TPSA) is 86.8 Å². The molecule has 2 heterocycles. The summed E-state index contributed by atoms with van der Waals surface area (Å²) in [5, 5.41) is 13.7. The molecule has 4 N–H and O–H groups in total. The fraction of sp³-hybridized carbons (Fsp3) is 0.368. The molecule has 29 heavy (non-hydrogen) atoms. The molecule has 1 fully saturated rings. The van der Waals surface area contributed by atoms with Crippen LogP contribution in [0.2, 0.25) is 0 Å². The second kappa shape index (κ2) is 7.49. The number of aliphatic hydroxyl groups excluding tert-OH is 1. The van der Waals surface area contributed by atoms with E-state index in [1.807, 2.05) is 24.3 Å².